The lowest BCUT2D eigenvalue weighted by atomic mass is 10.0. The first-order valence-electron chi connectivity index (χ1n) is 8.70. The Morgan fingerprint density at radius 1 is 1.14 bits per heavy atom. The van der Waals surface area contributed by atoms with Gasteiger partial charge in [0.15, 0.2) is 12.4 Å². The van der Waals surface area contributed by atoms with Gasteiger partial charge in [-0.15, -0.1) is 0 Å². The Kier molecular flexibility index (Phi) is 7.74. The maximum atomic E-state index is 14.8. The second kappa shape index (κ2) is 9.71. The van der Waals surface area contributed by atoms with Gasteiger partial charge in [-0.2, -0.15) is 0 Å². The van der Waals surface area contributed by atoms with Gasteiger partial charge in [0.2, 0.25) is 0 Å². The molecule has 0 aromatic carbocycles. The molecule has 0 amide bonds. The summed E-state index contributed by atoms with van der Waals surface area (Å²) in [7, 11) is -3.07. The van der Waals surface area contributed by atoms with Crippen molar-refractivity contribution in [2.75, 3.05) is 13.2 Å². The number of nitrogens with one attached hydrogen (secondary N) is 4. The fraction of sp³-hybridized carbons (Fsp3) is 0.846. The number of hydrogen-bond acceptors (Lipinski definition) is 10. The summed E-state index contributed by atoms with van der Waals surface area (Å²) in [4.78, 5) is 0. The van der Waals surface area contributed by atoms with E-state index in [2.05, 4.69) is 22.9 Å². The lowest BCUT2D eigenvalue weighted by Gasteiger charge is -2.25. The van der Waals surface area contributed by atoms with Crippen molar-refractivity contribution in [3.63, 3.8) is 0 Å². The van der Waals surface area contributed by atoms with E-state index in [0.29, 0.717) is 0 Å². The smallest absolute Gasteiger partial charge is 0.351 e. The summed E-state index contributed by atoms with van der Waals surface area (Å²) >= 11 is 3.89. The molecule has 4 N–H and O–H groups in total. The molecule has 0 radical (unpaired) electrons. The van der Waals surface area contributed by atoms with Crippen molar-refractivity contribution in [3.8, 4) is 0 Å². The van der Waals surface area contributed by atoms with Crippen LogP contribution in [0.4, 0.5) is 4.39 Å². The topological polar surface area (TPSA) is 161 Å². The van der Waals surface area contributed by atoms with Gasteiger partial charge in [0.25, 0.3) is 0 Å². The lowest BCUT2D eigenvalue weighted by Crippen LogP contribution is -2.40. The summed E-state index contributed by atoms with van der Waals surface area (Å²) in [5.74, 6) is -0.365. The molecule has 0 spiro atoms. The maximum absolute atomic E-state index is 14.8. The highest BCUT2D eigenvalue weighted by Gasteiger charge is 2.50. The third kappa shape index (κ3) is 5.38. The van der Waals surface area contributed by atoms with E-state index in [0.717, 1.165) is 12.7 Å². The van der Waals surface area contributed by atoms with Crippen molar-refractivity contribution in [3.05, 3.63) is 0 Å². The molecule has 3 saturated heterocycles. The number of thiol groups is 1. The van der Waals surface area contributed by atoms with E-state index < -0.39 is 64.7 Å². The molecular weight excluding hydrogens is 453 g/mol. The molecule has 0 aromatic rings. The van der Waals surface area contributed by atoms with Crippen LogP contribution in [0.25, 0.3) is 0 Å². The van der Waals surface area contributed by atoms with E-state index in [-0.39, 0.29) is 12.5 Å². The van der Waals surface area contributed by atoms with Crippen LogP contribution in [0.2, 0.25) is 0 Å². The lowest BCUT2D eigenvalue weighted by molar-refractivity contribution is -0.0322. The summed E-state index contributed by atoms with van der Waals surface area (Å²) in [6.45, 7) is -3.06. The zero-order chi connectivity index (χ0) is 21.2. The van der Waals surface area contributed by atoms with Crippen molar-refractivity contribution in [2.24, 2.45) is 5.92 Å². The van der Waals surface area contributed by atoms with Gasteiger partial charge in [-0.1, -0.05) is 19.2 Å². The largest absolute Gasteiger partial charge is 0.386 e. The van der Waals surface area contributed by atoms with Crippen molar-refractivity contribution >= 4 is 40.0 Å². The second-order valence-electron chi connectivity index (χ2n) is 6.59. The molecule has 0 aromatic heterocycles. The average Bonchev–Trinajstić information content (AvgIpc) is 3.11. The van der Waals surface area contributed by atoms with E-state index >= 15 is 0 Å². The van der Waals surface area contributed by atoms with E-state index in [4.69, 9.17) is 38.4 Å². The fourth-order valence-corrected chi connectivity index (χ4v) is 5.73. The van der Waals surface area contributed by atoms with Crippen LogP contribution in [-0.2, 0) is 36.7 Å². The summed E-state index contributed by atoms with van der Waals surface area (Å²) in [6.07, 6.45) is -6.11. The summed E-state index contributed by atoms with van der Waals surface area (Å²) in [6, 6.07) is 0. The zero-order valence-corrected chi connectivity index (χ0v) is 18.0. The number of fused-ring (bicyclic) bond motifs is 3. The molecule has 12 nitrogen and oxygen atoms in total. The minimum atomic E-state index is -4.07. The van der Waals surface area contributed by atoms with Gasteiger partial charge >= 0.3 is 15.1 Å². The Morgan fingerprint density at radius 2 is 1.79 bits per heavy atom. The van der Waals surface area contributed by atoms with Gasteiger partial charge in [0.1, 0.15) is 30.6 Å². The molecule has 16 heteroatoms. The minimum Gasteiger partial charge on any atom is -0.351 e. The molecule has 3 aliphatic heterocycles. The van der Waals surface area contributed by atoms with Gasteiger partial charge in [0, 0.05) is 5.92 Å². The normalized spacial score (nSPS) is 48.4. The maximum Gasteiger partial charge on any atom is 0.386 e. The molecule has 10 atom stereocenters. The standard InChI is InChI=1S/C13H23FN4O8P2S/c1-6-10-8(24-12(6)17-4-15)3-22-28(20,29)26-11-9(14)7(2-21-27(19)25-10)23-13(11)18-5-16/h4-13,27H,2-3H2,1H3,(H2,15,17)(H2,16,18)(H,20,29)/t6?,7-,8-,9?,10?,11?,12-,13-,28?/m1/s1. The Morgan fingerprint density at radius 3 is 2.48 bits per heavy atom. The summed E-state index contributed by atoms with van der Waals surface area (Å²) in [5, 5.41) is 19.4. The van der Waals surface area contributed by atoms with E-state index in [9.17, 15) is 13.5 Å². The molecule has 0 aliphatic carbocycles. The SMILES string of the molecule is CC1C2O[PH](=O)OC[C@H]3O[C@@H](NC=N)C(OP(=O)(S)OC[C@H]2O[C@H]1NC=N)C3F. The van der Waals surface area contributed by atoms with Crippen molar-refractivity contribution in [2.45, 2.75) is 50.0 Å². The van der Waals surface area contributed by atoms with E-state index in [1.54, 1.807) is 6.92 Å². The van der Waals surface area contributed by atoms with Gasteiger partial charge in [-0.05, 0) is 0 Å². The molecule has 3 aliphatic rings. The van der Waals surface area contributed by atoms with Gasteiger partial charge in [0.05, 0.1) is 25.9 Å². The van der Waals surface area contributed by atoms with Crippen LogP contribution < -0.4 is 10.6 Å². The van der Waals surface area contributed by atoms with Crippen LogP contribution in [0.5, 0.6) is 0 Å². The Bertz CT molecular complexity index is 695. The van der Waals surface area contributed by atoms with Gasteiger partial charge < -0.3 is 29.2 Å². The first-order valence-corrected chi connectivity index (χ1v) is 12.6. The molecule has 3 fully saturated rings. The first-order chi connectivity index (χ1) is 13.8. The number of alkyl halides is 1. The van der Waals surface area contributed by atoms with E-state index in [1.165, 1.54) is 0 Å². The molecular formula is C13H23FN4O8P2S. The Hall–Kier alpha value is -0.560. The first kappa shape index (κ1) is 23.1. The van der Waals surface area contributed by atoms with Crippen LogP contribution in [0, 0.1) is 16.7 Å². The summed E-state index contributed by atoms with van der Waals surface area (Å²) in [5.41, 5.74) is 0. The third-order valence-electron chi connectivity index (χ3n) is 4.72. The predicted molar refractivity (Wildman–Crippen MR) is 102 cm³/mol. The Labute approximate surface area is 172 Å². The van der Waals surface area contributed by atoms with Crippen LogP contribution in [0.15, 0.2) is 0 Å². The molecule has 166 valence electrons. The fourth-order valence-electron chi connectivity index (χ4n) is 3.32. The number of rotatable bonds is 4. The highest BCUT2D eigenvalue weighted by atomic mass is 32.7. The van der Waals surface area contributed by atoms with Crippen LogP contribution in [0.1, 0.15) is 6.92 Å². The van der Waals surface area contributed by atoms with Crippen LogP contribution in [-0.4, -0.2) is 68.9 Å². The third-order valence-corrected chi connectivity index (χ3v) is 7.20. The number of halogens is 1. The monoisotopic (exact) mass is 476 g/mol. The van der Waals surface area contributed by atoms with Crippen LogP contribution in [0.3, 0.4) is 0 Å². The molecule has 2 bridgehead atoms. The molecule has 3 heterocycles. The quantitative estimate of drug-likeness (QED) is 0.172. The van der Waals surface area contributed by atoms with Crippen LogP contribution >= 0.6 is 27.3 Å². The molecule has 29 heavy (non-hydrogen) atoms. The zero-order valence-electron chi connectivity index (χ0n) is 15.2. The second-order valence-corrected chi connectivity index (χ2v) is 10.5. The average molecular weight is 476 g/mol. The molecule has 0 saturated carbocycles. The summed E-state index contributed by atoms with van der Waals surface area (Å²) < 4.78 is 71.9. The predicted octanol–water partition coefficient (Wildman–Crippen LogP) is 1.05. The highest BCUT2D eigenvalue weighted by Crippen LogP contribution is 2.56. The van der Waals surface area contributed by atoms with Crippen molar-refractivity contribution in [1.29, 1.82) is 10.8 Å². The molecule has 6 unspecified atom stereocenters. The highest BCUT2D eigenvalue weighted by molar-refractivity contribution is 8.44. The van der Waals surface area contributed by atoms with Crippen molar-refractivity contribution in [1.82, 2.24) is 10.6 Å². The molecule has 3 rings (SSSR count). The van der Waals surface area contributed by atoms with Gasteiger partial charge in [-0.25, -0.2) is 8.96 Å². The minimum absolute atomic E-state index is 0.322. The Balaban J connectivity index is 1.81. The van der Waals surface area contributed by atoms with Gasteiger partial charge in [-0.3, -0.25) is 24.4 Å². The van der Waals surface area contributed by atoms with E-state index in [1.807, 2.05) is 0 Å². The number of hydrogen-bond donors (Lipinski definition) is 5. The number of ether oxygens (including phenoxy) is 2. The van der Waals surface area contributed by atoms with Crippen molar-refractivity contribution < 1.29 is 41.1 Å².